The first-order valence-electron chi connectivity index (χ1n) is 7.25. The lowest BCUT2D eigenvalue weighted by Crippen LogP contribution is -2.48. The van der Waals surface area contributed by atoms with Crippen LogP contribution in [0.2, 0.25) is 0 Å². The van der Waals surface area contributed by atoms with E-state index in [1.165, 1.54) is 7.11 Å². The summed E-state index contributed by atoms with van der Waals surface area (Å²) < 4.78 is 36.9. The van der Waals surface area contributed by atoms with E-state index in [1.807, 2.05) is 13.8 Å². The van der Waals surface area contributed by atoms with Gasteiger partial charge in [-0.25, -0.2) is 13.1 Å². The molecule has 0 saturated heterocycles. The summed E-state index contributed by atoms with van der Waals surface area (Å²) in [6, 6.07) is -0.265. The number of methoxy groups -OCH3 is 1. The second-order valence-corrected chi connectivity index (χ2v) is 7.88. The molecule has 8 heteroatoms. The molecule has 1 saturated carbocycles. The minimum absolute atomic E-state index is 0.265. The van der Waals surface area contributed by atoms with Gasteiger partial charge in [0.2, 0.25) is 10.0 Å². The SMILES string of the molecule is COC(=O)C1CC(S(=O)(=O)NC(C)Cc2c(C)noc2C)C1. The normalized spacial score (nSPS) is 22.9. The molecular weight excluding hydrogens is 308 g/mol. The molecule has 124 valence electrons. The summed E-state index contributed by atoms with van der Waals surface area (Å²) in [6.07, 6.45) is 1.16. The van der Waals surface area contributed by atoms with Crippen molar-refractivity contribution >= 4 is 16.0 Å². The molecule has 1 aliphatic rings. The topological polar surface area (TPSA) is 98.5 Å². The number of aromatic nitrogens is 1. The summed E-state index contributed by atoms with van der Waals surface area (Å²) in [6.45, 7) is 5.45. The highest BCUT2D eigenvalue weighted by atomic mass is 32.2. The molecule has 0 aromatic carbocycles. The smallest absolute Gasteiger partial charge is 0.308 e. The van der Waals surface area contributed by atoms with Gasteiger partial charge in [-0.3, -0.25) is 4.79 Å². The van der Waals surface area contributed by atoms with Gasteiger partial charge in [0.05, 0.1) is 24.0 Å². The fourth-order valence-corrected chi connectivity index (χ4v) is 4.50. The Morgan fingerprint density at radius 3 is 2.59 bits per heavy atom. The molecule has 1 aromatic rings. The van der Waals surface area contributed by atoms with Crippen molar-refractivity contribution in [3.8, 4) is 0 Å². The summed E-state index contributed by atoms with van der Waals surface area (Å²) in [5.74, 6) is 0.0672. The lowest BCUT2D eigenvalue weighted by atomic mass is 9.85. The fourth-order valence-electron chi connectivity index (χ4n) is 2.70. The predicted molar refractivity (Wildman–Crippen MR) is 79.7 cm³/mol. The van der Waals surface area contributed by atoms with Crippen LogP contribution in [0.15, 0.2) is 4.52 Å². The van der Waals surface area contributed by atoms with Gasteiger partial charge >= 0.3 is 5.97 Å². The molecule has 1 aliphatic carbocycles. The lowest BCUT2D eigenvalue weighted by molar-refractivity contribution is -0.148. The molecule has 1 heterocycles. The number of nitrogens with zero attached hydrogens (tertiary/aromatic N) is 1. The van der Waals surface area contributed by atoms with Crippen LogP contribution in [0.5, 0.6) is 0 Å². The van der Waals surface area contributed by atoms with E-state index >= 15 is 0 Å². The van der Waals surface area contributed by atoms with Crippen molar-refractivity contribution in [2.45, 2.75) is 51.3 Å². The summed E-state index contributed by atoms with van der Waals surface area (Å²) in [5.41, 5.74) is 1.70. The largest absolute Gasteiger partial charge is 0.469 e. The fraction of sp³-hybridized carbons (Fsp3) is 0.714. The van der Waals surface area contributed by atoms with E-state index in [2.05, 4.69) is 14.6 Å². The molecule has 7 nitrogen and oxygen atoms in total. The highest BCUT2D eigenvalue weighted by molar-refractivity contribution is 7.90. The Balaban J connectivity index is 1.91. The van der Waals surface area contributed by atoms with Crippen LogP contribution >= 0.6 is 0 Å². The van der Waals surface area contributed by atoms with Gasteiger partial charge in [0, 0.05) is 11.6 Å². The molecule has 1 atom stereocenters. The van der Waals surface area contributed by atoms with E-state index in [9.17, 15) is 13.2 Å². The molecule has 1 aromatic heterocycles. The van der Waals surface area contributed by atoms with Crippen molar-refractivity contribution < 1.29 is 22.5 Å². The maximum atomic E-state index is 12.3. The van der Waals surface area contributed by atoms with Crippen LogP contribution in [0.4, 0.5) is 0 Å². The standard InChI is InChI=1S/C14H22N2O5S/c1-8(5-13-9(2)15-21-10(13)3)16-22(18,19)12-6-11(7-12)14(17)20-4/h8,11-12,16H,5-7H2,1-4H3. The number of hydrogen-bond acceptors (Lipinski definition) is 6. The number of aryl methyl sites for hydroxylation is 2. The third-order valence-corrected chi connectivity index (χ3v) is 6.12. The Bertz CT molecular complexity index is 627. The molecule has 1 unspecified atom stereocenters. The van der Waals surface area contributed by atoms with E-state index in [0.29, 0.717) is 25.0 Å². The number of ether oxygens (including phenoxy) is 1. The molecule has 22 heavy (non-hydrogen) atoms. The minimum Gasteiger partial charge on any atom is -0.469 e. The highest BCUT2D eigenvalue weighted by Gasteiger charge is 2.43. The number of sulfonamides is 1. The summed E-state index contributed by atoms with van der Waals surface area (Å²) >= 11 is 0. The number of hydrogen-bond donors (Lipinski definition) is 1. The number of carbonyl (C=O) groups is 1. The van der Waals surface area contributed by atoms with Crippen molar-refractivity contribution in [3.63, 3.8) is 0 Å². The molecule has 0 radical (unpaired) electrons. The molecule has 2 rings (SSSR count). The first-order chi connectivity index (χ1) is 10.2. The third-order valence-electron chi connectivity index (χ3n) is 4.13. The van der Waals surface area contributed by atoms with Gasteiger partial charge in [-0.05, 0) is 40.0 Å². The van der Waals surface area contributed by atoms with Crippen LogP contribution in [0.3, 0.4) is 0 Å². The highest BCUT2D eigenvalue weighted by Crippen LogP contribution is 2.33. The van der Waals surface area contributed by atoms with Gasteiger partial charge < -0.3 is 9.26 Å². The van der Waals surface area contributed by atoms with E-state index < -0.39 is 15.3 Å². The van der Waals surface area contributed by atoms with Gasteiger partial charge in [0.25, 0.3) is 0 Å². The van der Waals surface area contributed by atoms with Crippen LogP contribution in [0.1, 0.15) is 36.8 Å². The first-order valence-corrected chi connectivity index (χ1v) is 8.80. The lowest BCUT2D eigenvalue weighted by Gasteiger charge is -2.33. The maximum absolute atomic E-state index is 12.3. The summed E-state index contributed by atoms with van der Waals surface area (Å²) in [7, 11) is -2.12. The first kappa shape index (κ1) is 17.0. The Morgan fingerprint density at radius 2 is 2.09 bits per heavy atom. The Labute approximate surface area is 130 Å². The molecule has 0 aliphatic heterocycles. The zero-order valence-electron chi connectivity index (χ0n) is 13.3. The van der Waals surface area contributed by atoms with Crippen molar-refractivity contribution in [3.05, 3.63) is 17.0 Å². The maximum Gasteiger partial charge on any atom is 0.308 e. The predicted octanol–water partition coefficient (Wildman–Crippen LogP) is 1.09. The monoisotopic (exact) mass is 330 g/mol. The average molecular weight is 330 g/mol. The summed E-state index contributed by atoms with van der Waals surface area (Å²) in [5, 5.41) is 3.34. The molecule has 0 amide bonds. The number of rotatable bonds is 6. The van der Waals surface area contributed by atoms with Gasteiger partial charge in [0.15, 0.2) is 0 Å². The average Bonchev–Trinajstić information content (AvgIpc) is 2.67. The Hall–Kier alpha value is -1.41. The van der Waals surface area contributed by atoms with Crippen molar-refractivity contribution in [1.82, 2.24) is 9.88 Å². The van der Waals surface area contributed by atoms with Crippen molar-refractivity contribution in [1.29, 1.82) is 0 Å². The van der Waals surface area contributed by atoms with Crippen LogP contribution in [-0.2, 0) is 26.0 Å². The molecule has 0 bridgehead atoms. The minimum atomic E-state index is -3.44. The molecule has 1 N–H and O–H groups in total. The van der Waals surface area contributed by atoms with E-state index in [1.54, 1.807) is 6.92 Å². The van der Waals surface area contributed by atoms with Gasteiger partial charge in [-0.2, -0.15) is 0 Å². The summed E-state index contributed by atoms with van der Waals surface area (Å²) in [4.78, 5) is 11.3. The molecule has 1 fully saturated rings. The van der Waals surface area contributed by atoms with E-state index in [-0.39, 0.29) is 17.9 Å². The second kappa shape index (κ2) is 6.37. The van der Waals surface area contributed by atoms with Crippen LogP contribution < -0.4 is 4.72 Å². The Kier molecular flexibility index (Phi) is 4.91. The van der Waals surface area contributed by atoms with Crippen molar-refractivity contribution in [2.24, 2.45) is 5.92 Å². The van der Waals surface area contributed by atoms with Crippen molar-refractivity contribution in [2.75, 3.05) is 7.11 Å². The van der Waals surface area contributed by atoms with Gasteiger partial charge in [-0.1, -0.05) is 5.16 Å². The third kappa shape index (κ3) is 3.49. The van der Waals surface area contributed by atoms with Gasteiger partial charge in [-0.15, -0.1) is 0 Å². The number of esters is 1. The van der Waals surface area contributed by atoms with Crippen LogP contribution in [-0.4, -0.2) is 37.9 Å². The zero-order chi connectivity index (χ0) is 16.5. The van der Waals surface area contributed by atoms with Crippen LogP contribution in [0.25, 0.3) is 0 Å². The molecular formula is C14H22N2O5S. The Morgan fingerprint density at radius 1 is 1.45 bits per heavy atom. The van der Waals surface area contributed by atoms with E-state index in [4.69, 9.17) is 4.52 Å². The zero-order valence-corrected chi connectivity index (χ0v) is 14.1. The number of nitrogens with one attached hydrogen (secondary N) is 1. The van der Waals surface area contributed by atoms with Gasteiger partial charge in [0.1, 0.15) is 5.76 Å². The number of carbonyl (C=O) groups excluding carboxylic acids is 1. The second-order valence-electron chi connectivity index (χ2n) is 5.88. The molecule has 0 spiro atoms. The quantitative estimate of drug-likeness (QED) is 0.784. The van der Waals surface area contributed by atoms with E-state index in [0.717, 1.165) is 11.3 Å². The van der Waals surface area contributed by atoms with Crippen LogP contribution in [0, 0.1) is 19.8 Å².